The van der Waals surface area contributed by atoms with E-state index in [0.29, 0.717) is 28.2 Å². The highest BCUT2D eigenvalue weighted by atomic mass is 16.5. The Kier molecular flexibility index (Phi) is 4.75. The fourth-order valence-corrected chi connectivity index (χ4v) is 4.18. The van der Waals surface area contributed by atoms with Crippen LogP contribution in [0.2, 0.25) is 0 Å². The molecule has 2 aliphatic rings. The molecule has 5 rings (SSSR count). The predicted octanol–water partition coefficient (Wildman–Crippen LogP) is 3.52. The SMILES string of the molecule is COc1ccc(C(=O)C2C(c3ccc(OC)cc3)N2N2C(=O)c3ccccc3C2=O)cc1. The van der Waals surface area contributed by atoms with E-state index in [4.69, 9.17) is 9.47 Å². The third-order valence-electron chi connectivity index (χ3n) is 5.88. The van der Waals surface area contributed by atoms with E-state index in [1.165, 1.54) is 0 Å². The van der Waals surface area contributed by atoms with Crippen molar-refractivity contribution in [2.75, 3.05) is 14.2 Å². The second kappa shape index (κ2) is 7.62. The highest BCUT2D eigenvalue weighted by molar-refractivity contribution is 6.21. The van der Waals surface area contributed by atoms with E-state index in [1.54, 1.807) is 79.9 Å². The first-order valence-electron chi connectivity index (χ1n) is 10.1. The molecule has 3 aromatic carbocycles. The van der Waals surface area contributed by atoms with E-state index in [9.17, 15) is 14.4 Å². The Balaban J connectivity index is 1.52. The van der Waals surface area contributed by atoms with Crippen molar-refractivity contribution in [3.05, 3.63) is 95.1 Å². The first-order chi connectivity index (χ1) is 15.5. The second-order valence-corrected chi connectivity index (χ2v) is 7.60. The van der Waals surface area contributed by atoms with Gasteiger partial charge in [-0.25, -0.2) is 5.01 Å². The maximum absolute atomic E-state index is 13.4. The first kappa shape index (κ1) is 20.0. The molecule has 0 spiro atoms. The maximum atomic E-state index is 13.4. The zero-order valence-corrected chi connectivity index (χ0v) is 17.5. The standard InChI is InChI=1S/C25H20N2O5/c1-31-17-11-7-15(8-12-17)21-22(23(28)16-9-13-18(32-2)14-10-16)26(21)27-24(29)19-5-3-4-6-20(19)25(27)30/h3-14,21-22H,1-2H3. The first-order valence-corrected chi connectivity index (χ1v) is 10.1. The van der Waals surface area contributed by atoms with Gasteiger partial charge in [0.2, 0.25) is 0 Å². The minimum atomic E-state index is -0.681. The summed E-state index contributed by atoms with van der Waals surface area (Å²) in [5.41, 5.74) is 1.98. The van der Waals surface area contributed by atoms with Gasteiger partial charge in [-0.15, -0.1) is 0 Å². The van der Waals surface area contributed by atoms with Gasteiger partial charge in [0.15, 0.2) is 5.78 Å². The van der Waals surface area contributed by atoms with E-state index < -0.39 is 23.9 Å². The molecular weight excluding hydrogens is 408 g/mol. The van der Waals surface area contributed by atoms with Gasteiger partial charge in [-0.05, 0) is 54.1 Å². The summed E-state index contributed by atoms with van der Waals surface area (Å²) >= 11 is 0. The quantitative estimate of drug-likeness (QED) is 0.340. The normalized spacial score (nSPS) is 21.3. The summed E-state index contributed by atoms with van der Waals surface area (Å²) in [5.74, 6) is 0.300. The Hall–Kier alpha value is -3.97. The van der Waals surface area contributed by atoms with Crippen molar-refractivity contribution < 1.29 is 23.9 Å². The Bertz CT molecular complexity index is 1180. The van der Waals surface area contributed by atoms with Crippen molar-refractivity contribution in [2.45, 2.75) is 12.1 Å². The van der Waals surface area contributed by atoms with E-state index >= 15 is 0 Å². The van der Waals surface area contributed by atoms with Gasteiger partial charge in [0.1, 0.15) is 17.5 Å². The highest BCUT2D eigenvalue weighted by Gasteiger charge is 2.61. The third-order valence-corrected chi connectivity index (χ3v) is 5.88. The van der Waals surface area contributed by atoms with Crippen LogP contribution in [0.4, 0.5) is 0 Å². The van der Waals surface area contributed by atoms with Crippen molar-refractivity contribution >= 4 is 17.6 Å². The van der Waals surface area contributed by atoms with Gasteiger partial charge in [-0.2, -0.15) is 5.01 Å². The number of methoxy groups -OCH3 is 2. The number of amides is 2. The van der Waals surface area contributed by atoms with E-state index in [0.717, 1.165) is 10.6 Å². The van der Waals surface area contributed by atoms with Crippen LogP contribution in [0, 0.1) is 0 Å². The molecule has 0 N–H and O–H groups in total. The average molecular weight is 428 g/mol. The van der Waals surface area contributed by atoms with E-state index in [1.807, 2.05) is 12.1 Å². The van der Waals surface area contributed by atoms with Gasteiger partial charge >= 0.3 is 0 Å². The van der Waals surface area contributed by atoms with Gasteiger partial charge in [-0.3, -0.25) is 14.4 Å². The molecule has 0 aromatic heterocycles. The lowest BCUT2D eigenvalue weighted by Crippen LogP contribution is -2.37. The number of hydrogen-bond acceptors (Lipinski definition) is 6. The fraction of sp³-hybridized carbons (Fsp3) is 0.160. The van der Waals surface area contributed by atoms with Gasteiger partial charge < -0.3 is 9.47 Å². The molecule has 32 heavy (non-hydrogen) atoms. The molecule has 3 aromatic rings. The number of ether oxygens (including phenoxy) is 2. The number of imide groups is 1. The molecule has 0 aliphatic carbocycles. The zero-order chi connectivity index (χ0) is 22.4. The van der Waals surface area contributed by atoms with Gasteiger partial charge in [0.25, 0.3) is 11.8 Å². The Morgan fingerprint density at radius 2 is 1.25 bits per heavy atom. The monoisotopic (exact) mass is 428 g/mol. The Morgan fingerprint density at radius 1 is 0.750 bits per heavy atom. The zero-order valence-electron chi connectivity index (χ0n) is 17.5. The summed E-state index contributed by atoms with van der Waals surface area (Å²) in [7, 11) is 3.13. The lowest BCUT2D eigenvalue weighted by molar-refractivity contribution is 0.0342. The number of hydrazine groups is 1. The van der Waals surface area contributed by atoms with Crippen LogP contribution in [0.3, 0.4) is 0 Å². The lowest BCUT2D eigenvalue weighted by Gasteiger charge is -2.16. The Morgan fingerprint density at radius 3 is 1.75 bits per heavy atom. The summed E-state index contributed by atoms with van der Waals surface area (Å²) in [6.45, 7) is 0. The lowest BCUT2D eigenvalue weighted by atomic mass is 10.0. The topological polar surface area (TPSA) is 75.9 Å². The number of carbonyl (C=O) groups is 3. The molecule has 7 nitrogen and oxygen atoms in total. The maximum Gasteiger partial charge on any atom is 0.276 e. The number of Topliss-reactive ketones (excluding diaryl/α,β-unsaturated/α-hetero) is 1. The third kappa shape index (κ3) is 3.06. The number of rotatable bonds is 6. The molecule has 2 amide bonds. The van der Waals surface area contributed by atoms with Crippen molar-refractivity contribution in [1.29, 1.82) is 0 Å². The molecule has 2 aliphatic heterocycles. The van der Waals surface area contributed by atoms with E-state index in [-0.39, 0.29) is 5.78 Å². The summed E-state index contributed by atoms with van der Waals surface area (Å²) in [4.78, 5) is 39.5. The van der Waals surface area contributed by atoms with Crippen molar-refractivity contribution in [2.24, 2.45) is 0 Å². The number of ketones is 1. The van der Waals surface area contributed by atoms with Crippen LogP contribution in [0.25, 0.3) is 0 Å². The van der Waals surface area contributed by atoms with Gasteiger partial charge in [-0.1, -0.05) is 24.3 Å². The number of nitrogens with zero attached hydrogens (tertiary/aromatic N) is 2. The van der Waals surface area contributed by atoms with Gasteiger partial charge in [0, 0.05) is 5.56 Å². The fourth-order valence-electron chi connectivity index (χ4n) is 4.18. The molecule has 1 saturated heterocycles. The molecule has 3 atom stereocenters. The Labute approximate surface area is 184 Å². The minimum absolute atomic E-state index is 0.176. The van der Waals surface area contributed by atoms with Crippen LogP contribution >= 0.6 is 0 Å². The molecule has 1 fully saturated rings. The summed E-state index contributed by atoms with van der Waals surface area (Å²) in [6.07, 6.45) is 0. The van der Waals surface area contributed by atoms with Crippen LogP contribution in [-0.2, 0) is 0 Å². The van der Waals surface area contributed by atoms with Crippen LogP contribution in [0.1, 0.15) is 42.7 Å². The number of benzene rings is 3. The van der Waals surface area contributed by atoms with E-state index in [2.05, 4.69) is 0 Å². The molecule has 2 heterocycles. The van der Waals surface area contributed by atoms with Crippen LogP contribution < -0.4 is 9.47 Å². The largest absolute Gasteiger partial charge is 0.497 e. The van der Waals surface area contributed by atoms with Crippen LogP contribution in [0.15, 0.2) is 72.8 Å². The van der Waals surface area contributed by atoms with Crippen molar-refractivity contribution in [3.8, 4) is 11.5 Å². The predicted molar refractivity (Wildman–Crippen MR) is 116 cm³/mol. The van der Waals surface area contributed by atoms with Crippen molar-refractivity contribution in [1.82, 2.24) is 10.0 Å². The summed E-state index contributed by atoms with van der Waals surface area (Å²) < 4.78 is 10.4. The number of carbonyl (C=O) groups excluding carboxylic acids is 3. The molecule has 0 saturated carbocycles. The minimum Gasteiger partial charge on any atom is -0.497 e. The molecule has 3 unspecified atom stereocenters. The van der Waals surface area contributed by atoms with Crippen LogP contribution in [-0.4, -0.2) is 47.9 Å². The molecule has 7 heteroatoms. The van der Waals surface area contributed by atoms with Crippen molar-refractivity contribution in [3.63, 3.8) is 0 Å². The summed E-state index contributed by atoms with van der Waals surface area (Å²) in [6, 6.07) is 19.6. The van der Waals surface area contributed by atoms with Gasteiger partial charge in [0.05, 0.1) is 31.4 Å². The number of fused-ring (bicyclic) bond motifs is 1. The number of hydrogen-bond donors (Lipinski definition) is 0. The highest BCUT2D eigenvalue weighted by Crippen LogP contribution is 2.48. The molecular formula is C25H20N2O5. The second-order valence-electron chi connectivity index (χ2n) is 7.60. The average Bonchev–Trinajstić information content (AvgIpc) is 3.52. The summed E-state index contributed by atoms with van der Waals surface area (Å²) in [5, 5.41) is 2.67. The molecule has 0 bridgehead atoms. The molecule has 160 valence electrons. The molecule has 0 radical (unpaired) electrons. The van der Waals surface area contributed by atoms with Crippen LogP contribution in [0.5, 0.6) is 11.5 Å². The smallest absolute Gasteiger partial charge is 0.276 e.